The predicted octanol–water partition coefficient (Wildman–Crippen LogP) is 4.14. The summed E-state index contributed by atoms with van der Waals surface area (Å²) in [5, 5.41) is 0.307. The molecule has 0 saturated carbocycles. The zero-order valence-electron chi connectivity index (χ0n) is 10.4. The van der Waals surface area contributed by atoms with E-state index in [2.05, 4.69) is 39.9 Å². The predicted molar refractivity (Wildman–Crippen MR) is 67.1 cm³/mol. The average Bonchev–Trinajstić information content (AvgIpc) is 2.02. The molecule has 0 fully saturated rings. The number of rotatable bonds is 4. The molecule has 0 rings (SSSR count). The maximum Gasteiger partial charge on any atom is 0.192 e. The molecule has 0 atom stereocenters. The van der Waals surface area contributed by atoms with Crippen LogP contribution < -0.4 is 0 Å². The van der Waals surface area contributed by atoms with Gasteiger partial charge in [0.1, 0.15) is 0 Å². The summed E-state index contributed by atoms with van der Waals surface area (Å²) in [6.45, 7) is 14.1. The van der Waals surface area contributed by atoms with Crippen molar-refractivity contribution in [2.45, 2.75) is 45.8 Å². The first-order valence-corrected chi connectivity index (χ1v) is 8.14. The van der Waals surface area contributed by atoms with Crippen molar-refractivity contribution in [1.29, 1.82) is 0 Å². The van der Waals surface area contributed by atoms with Crippen molar-refractivity contribution in [2.75, 3.05) is 6.61 Å². The van der Waals surface area contributed by atoms with Crippen LogP contribution in [0.1, 0.15) is 27.7 Å². The van der Waals surface area contributed by atoms with Crippen molar-refractivity contribution in [1.82, 2.24) is 0 Å². The molecule has 0 aliphatic heterocycles. The third-order valence-corrected chi connectivity index (χ3v) is 7.29. The van der Waals surface area contributed by atoms with Gasteiger partial charge >= 0.3 is 0 Å². The summed E-state index contributed by atoms with van der Waals surface area (Å²) in [5.41, 5.74) is 0. The molecule has 0 aromatic heterocycles. The van der Waals surface area contributed by atoms with Crippen LogP contribution >= 0.6 is 0 Å². The molecule has 0 amide bonds. The molecule has 0 N–H and O–H groups in total. The molecular weight excluding hydrogens is 188 g/mol. The van der Waals surface area contributed by atoms with Gasteiger partial charge in [0, 0.05) is 0 Å². The van der Waals surface area contributed by atoms with Gasteiger partial charge in [-0.25, -0.2) is 0 Å². The number of hydrogen-bond acceptors (Lipinski definition) is 1. The van der Waals surface area contributed by atoms with Crippen LogP contribution in [0.5, 0.6) is 0 Å². The molecule has 0 aromatic carbocycles. The number of allylic oxidation sites excluding steroid dienone is 3. The van der Waals surface area contributed by atoms with Crippen LogP contribution in [0.3, 0.4) is 0 Å². The molecule has 0 bridgehead atoms. The molecule has 0 heterocycles. The monoisotopic (exact) mass is 212 g/mol. The van der Waals surface area contributed by atoms with Gasteiger partial charge in [-0.2, -0.15) is 0 Å². The smallest absolute Gasteiger partial charge is 0.192 e. The lowest BCUT2D eigenvalue weighted by Gasteiger charge is -2.35. The molecule has 0 radical (unpaired) electrons. The maximum atomic E-state index is 5.96. The zero-order valence-corrected chi connectivity index (χ0v) is 11.4. The summed E-state index contributed by atoms with van der Waals surface area (Å²) in [6.07, 6.45) is 8.14. The Bertz CT molecular complexity index is 209. The Labute approximate surface area is 90.0 Å². The fraction of sp³-hybridized carbons (Fsp3) is 0.667. The molecule has 82 valence electrons. The van der Waals surface area contributed by atoms with E-state index in [-0.39, 0.29) is 0 Å². The van der Waals surface area contributed by atoms with E-state index in [0.29, 0.717) is 5.04 Å². The summed E-state index contributed by atoms with van der Waals surface area (Å²) in [7, 11) is -1.54. The average molecular weight is 212 g/mol. The highest BCUT2D eigenvalue weighted by molar-refractivity contribution is 6.74. The van der Waals surface area contributed by atoms with Gasteiger partial charge in [-0.3, -0.25) is 0 Å². The highest BCUT2D eigenvalue weighted by atomic mass is 28.4. The quantitative estimate of drug-likeness (QED) is 0.503. The van der Waals surface area contributed by atoms with Crippen LogP contribution in [0, 0.1) is 0 Å². The number of hydrogen-bond donors (Lipinski definition) is 0. The second kappa shape index (κ2) is 5.52. The molecule has 0 saturated heterocycles. The van der Waals surface area contributed by atoms with Crippen molar-refractivity contribution in [3.63, 3.8) is 0 Å². The Kier molecular flexibility index (Phi) is 5.38. The largest absolute Gasteiger partial charge is 0.413 e. The van der Waals surface area contributed by atoms with Gasteiger partial charge in [0.15, 0.2) is 8.32 Å². The molecule has 1 nitrogen and oxygen atoms in total. The van der Waals surface area contributed by atoms with E-state index in [9.17, 15) is 0 Å². The van der Waals surface area contributed by atoms with Crippen molar-refractivity contribution in [3.05, 3.63) is 24.3 Å². The van der Waals surface area contributed by atoms with Crippen LogP contribution in [0.4, 0.5) is 0 Å². The van der Waals surface area contributed by atoms with Gasteiger partial charge in [0.25, 0.3) is 0 Å². The van der Waals surface area contributed by atoms with Gasteiger partial charge in [-0.15, -0.1) is 0 Å². The zero-order chi connectivity index (χ0) is 11.2. The summed E-state index contributed by atoms with van der Waals surface area (Å²) in [5.74, 6) is 0. The second-order valence-electron chi connectivity index (χ2n) is 5.03. The molecular formula is C12H24OSi. The first kappa shape index (κ1) is 13.7. The van der Waals surface area contributed by atoms with E-state index in [1.807, 2.05) is 25.2 Å². The van der Waals surface area contributed by atoms with Crippen LogP contribution in [0.2, 0.25) is 18.1 Å². The fourth-order valence-electron chi connectivity index (χ4n) is 0.718. The molecule has 0 spiro atoms. The lowest BCUT2D eigenvalue weighted by Crippen LogP contribution is -2.40. The Morgan fingerprint density at radius 3 is 2.14 bits per heavy atom. The van der Waals surface area contributed by atoms with Crippen LogP contribution in [-0.4, -0.2) is 14.9 Å². The normalized spacial score (nSPS) is 14.4. The highest BCUT2D eigenvalue weighted by Crippen LogP contribution is 2.36. The molecule has 0 aliphatic rings. The molecule has 0 aromatic rings. The van der Waals surface area contributed by atoms with Crippen LogP contribution in [-0.2, 0) is 4.43 Å². The van der Waals surface area contributed by atoms with Crippen molar-refractivity contribution in [3.8, 4) is 0 Å². The minimum Gasteiger partial charge on any atom is -0.413 e. The third-order valence-electron chi connectivity index (χ3n) is 2.79. The first-order chi connectivity index (χ1) is 6.31. The Balaban J connectivity index is 4.01. The standard InChI is InChI=1S/C12H24OSi/c1-7-8-9-10-11-13-14(5,6)12(2,3)4/h7-10H,11H2,1-6H3/b8-7+,10-9+. The van der Waals surface area contributed by atoms with E-state index in [1.165, 1.54) is 0 Å². The Hall–Kier alpha value is -0.343. The topological polar surface area (TPSA) is 9.23 Å². The highest BCUT2D eigenvalue weighted by Gasteiger charge is 2.36. The second-order valence-corrected chi connectivity index (χ2v) is 9.83. The molecule has 0 aliphatic carbocycles. The lowest BCUT2D eigenvalue weighted by molar-refractivity contribution is 0.328. The van der Waals surface area contributed by atoms with E-state index >= 15 is 0 Å². The van der Waals surface area contributed by atoms with Crippen LogP contribution in [0.15, 0.2) is 24.3 Å². The van der Waals surface area contributed by atoms with Gasteiger partial charge < -0.3 is 4.43 Å². The Morgan fingerprint density at radius 2 is 1.71 bits per heavy atom. The minimum atomic E-state index is -1.54. The van der Waals surface area contributed by atoms with Gasteiger partial charge in [-0.05, 0) is 25.1 Å². The van der Waals surface area contributed by atoms with Gasteiger partial charge in [0.2, 0.25) is 0 Å². The fourth-order valence-corrected chi connectivity index (χ4v) is 1.66. The van der Waals surface area contributed by atoms with Crippen molar-refractivity contribution >= 4 is 8.32 Å². The van der Waals surface area contributed by atoms with Crippen molar-refractivity contribution in [2.24, 2.45) is 0 Å². The minimum absolute atomic E-state index is 0.307. The maximum absolute atomic E-state index is 5.96. The van der Waals surface area contributed by atoms with E-state index in [0.717, 1.165) is 6.61 Å². The lowest BCUT2D eigenvalue weighted by atomic mass is 10.2. The molecule has 0 unspecified atom stereocenters. The van der Waals surface area contributed by atoms with E-state index in [1.54, 1.807) is 0 Å². The van der Waals surface area contributed by atoms with E-state index in [4.69, 9.17) is 4.43 Å². The summed E-state index contributed by atoms with van der Waals surface area (Å²) in [4.78, 5) is 0. The third kappa shape index (κ3) is 4.77. The van der Waals surface area contributed by atoms with Crippen molar-refractivity contribution < 1.29 is 4.43 Å². The first-order valence-electron chi connectivity index (χ1n) is 5.23. The van der Waals surface area contributed by atoms with Gasteiger partial charge in [-0.1, -0.05) is 45.1 Å². The molecule has 14 heavy (non-hydrogen) atoms. The summed E-state index contributed by atoms with van der Waals surface area (Å²) >= 11 is 0. The summed E-state index contributed by atoms with van der Waals surface area (Å²) in [6, 6.07) is 0. The summed E-state index contributed by atoms with van der Waals surface area (Å²) < 4.78 is 5.96. The van der Waals surface area contributed by atoms with Gasteiger partial charge in [0.05, 0.1) is 6.61 Å². The molecule has 2 heteroatoms. The SMILES string of the molecule is C/C=C/C=C/CO[Si](C)(C)C(C)(C)C. The van der Waals surface area contributed by atoms with E-state index < -0.39 is 8.32 Å². The Morgan fingerprint density at radius 1 is 1.14 bits per heavy atom. The van der Waals surface area contributed by atoms with Crippen LogP contribution in [0.25, 0.3) is 0 Å².